The van der Waals surface area contributed by atoms with Crippen LogP contribution in [-0.4, -0.2) is 18.8 Å². The summed E-state index contributed by atoms with van der Waals surface area (Å²) >= 11 is 0. The van der Waals surface area contributed by atoms with E-state index in [4.69, 9.17) is 0 Å². The molecule has 0 amide bonds. The molecule has 0 saturated carbocycles. The number of carbonyl (C=O) groups is 1. The van der Waals surface area contributed by atoms with Crippen molar-refractivity contribution in [2.24, 2.45) is 0 Å². The van der Waals surface area contributed by atoms with Crippen LogP contribution in [0.15, 0.2) is 55.1 Å². The maximum absolute atomic E-state index is 12.5. The van der Waals surface area contributed by atoms with E-state index < -0.39 is 20.6 Å². The molecule has 24 heavy (non-hydrogen) atoms. The normalized spacial score (nSPS) is 15.2. The van der Waals surface area contributed by atoms with Crippen molar-refractivity contribution in [3.8, 4) is 11.1 Å². The number of hydrogen-bond donors (Lipinski definition) is 1. The molecule has 0 radical (unpaired) electrons. The molecule has 1 aliphatic rings. The predicted octanol–water partition coefficient (Wildman–Crippen LogP) is 3.51. The zero-order valence-electron chi connectivity index (χ0n) is 13.3. The van der Waals surface area contributed by atoms with Gasteiger partial charge in [0.25, 0.3) is 10.1 Å². The fourth-order valence-electron chi connectivity index (χ4n) is 3.65. The first-order valence-electron chi connectivity index (χ1n) is 7.71. The maximum atomic E-state index is 12.5. The van der Waals surface area contributed by atoms with Crippen molar-refractivity contribution in [3.05, 3.63) is 71.8 Å². The fourth-order valence-corrected chi connectivity index (χ4v) is 4.82. The van der Waals surface area contributed by atoms with Gasteiger partial charge in [0.2, 0.25) is 0 Å². The number of rotatable bonds is 5. The van der Waals surface area contributed by atoms with Crippen LogP contribution in [0.4, 0.5) is 0 Å². The lowest BCUT2D eigenvalue weighted by Gasteiger charge is -2.29. The molecule has 5 heteroatoms. The molecule has 1 aliphatic carbocycles. The minimum atomic E-state index is -4.67. The van der Waals surface area contributed by atoms with Crippen LogP contribution < -0.4 is 0 Å². The lowest BCUT2D eigenvalue weighted by atomic mass is 9.85. The second-order valence-electron chi connectivity index (χ2n) is 5.89. The van der Waals surface area contributed by atoms with Crippen LogP contribution in [0.5, 0.6) is 0 Å². The van der Waals surface area contributed by atoms with Gasteiger partial charge in [-0.2, -0.15) is 8.42 Å². The Hall–Kier alpha value is -2.24. The molecule has 1 unspecified atom stereocenters. The number of allylic oxidation sites excluding steroid dienone is 1. The highest BCUT2D eigenvalue weighted by atomic mass is 32.2. The Morgan fingerprint density at radius 2 is 1.88 bits per heavy atom. The van der Waals surface area contributed by atoms with Crippen LogP contribution in [0.1, 0.15) is 30.0 Å². The van der Waals surface area contributed by atoms with Crippen LogP contribution in [-0.2, 0) is 26.1 Å². The van der Waals surface area contributed by atoms with Crippen LogP contribution in [0.2, 0.25) is 0 Å². The summed E-state index contributed by atoms with van der Waals surface area (Å²) in [7, 11) is -4.67. The molecule has 2 aromatic carbocycles. The van der Waals surface area contributed by atoms with E-state index in [1.165, 1.54) is 0 Å². The van der Waals surface area contributed by atoms with E-state index in [-0.39, 0.29) is 6.42 Å². The molecule has 124 valence electrons. The van der Waals surface area contributed by atoms with E-state index in [2.05, 4.69) is 6.58 Å². The second-order valence-corrected chi connectivity index (χ2v) is 7.54. The van der Waals surface area contributed by atoms with Gasteiger partial charge in [0, 0.05) is 0 Å². The summed E-state index contributed by atoms with van der Waals surface area (Å²) in [6, 6.07) is 13.1. The number of benzene rings is 2. The average molecular weight is 342 g/mol. The smallest absolute Gasteiger partial charge is 0.282 e. The number of carbonyl (C=O) groups excluding carboxylic acids is 1. The molecule has 4 nitrogen and oxygen atoms in total. The summed E-state index contributed by atoms with van der Waals surface area (Å²) in [6.45, 7) is 5.00. The van der Waals surface area contributed by atoms with E-state index in [1.807, 2.05) is 30.3 Å². The van der Waals surface area contributed by atoms with Crippen LogP contribution >= 0.6 is 0 Å². The Balaban J connectivity index is 2.34. The lowest BCUT2D eigenvalue weighted by molar-refractivity contribution is -0.117. The number of ketones is 1. The Morgan fingerprint density at radius 1 is 1.21 bits per heavy atom. The Kier molecular flexibility index (Phi) is 3.94. The third kappa shape index (κ3) is 2.16. The maximum Gasteiger partial charge on any atom is 0.282 e. The fraction of sp³-hybridized carbons (Fsp3) is 0.211. The van der Waals surface area contributed by atoms with Gasteiger partial charge >= 0.3 is 0 Å². The third-order valence-electron chi connectivity index (χ3n) is 4.81. The lowest BCUT2D eigenvalue weighted by Crippen LogP contribution is -2.42. The molecule has 3 rings (SSSR count). The van der Waals surface area contributed by atoms with E-state index >= 15 is 0 Å². The molecule has 0 fully saturated rings. The highest BCUT2D eigenvalue weighted by Crippen LogP contribution is 2.45. The Morgan fingerprint density at radius 3 is 2.50 bits per heavy atom. The van der Waals surface area contributed by atoms with Gasteiger partial charge in [-0.15, -0.1) is 0 Å². The Labute approximate surface area is 141 Å². The van der Waals surface area contributed by atoms with Gasteiger partial charge in [-0.05, 0) is 46.7 Å². The van der Waals surface area contributed by atoms with Crippen molar-refractivity contribution in [1.29, 1.82) is 0 Å². The minimum Gasteiger partial charge on any atom is -0.293 e. The summed E-state index contributed by atoms with van der Waals surface area (Å²) in [5.74, 6) is -0.711. The predicted molar refractivity (Wildman–Crippen MR) is 93.4 cm³/mol. The molecular formula is C19H18O4S. The molecule has 0 aliphatic heterocycles. The molecule has 2 aromatic rings. The largest absolute Gasteiger partial charge is 0.293 e. The van der Waals surface area contributed by atoms with E-state index in [9.17, 15) is 17.8 Å². The molecule has 0 aromatic heterocycles. The van der Waals surface area contributed by atoms with Gasteiger partial charge in [-0.25, -0.2) is 0 Å². The first kappa shape index (κ1) is 16.6. The van der Waals surface area contributed by atoms with Crippen molar-refractivity contribution < 1.29 is 17.8 Å². The van der Waals surface area contributed by atoms with Crippen LogP contribution in [0, 0.1) is 0 Å². The minimum absolute atomic E-state index is 0.0660. The molecule has 1 N–H and O–H groups in total. The zero-order valence-corrected chi connectivity index (χ0v) is 14.1. The molecule has 1 atom stereocenters. The average Bonchev–Trinajstić information content (AvgIpc) is 2.94. The van der Waals surface area contributed by atoms with E-state index in [0.717, 1.165) is 28.3 Å². The molecule has 0 saturated heterocycles. The van der Waals surface area contributed by atoms with Gasteiger partial charge < -0.3 is 0 Å². The SMILES string of the molecule is C=CC(=O)C(CC)(c1cccc2c1Cc1ccccc1-2)S(=O)(=O)O. The third-order valence-corrected chi connectivity index (χ3v) is 6.40. The van der Waals surface area contributed by atoms with Crippen molar-refractivity contribution in [3.63, 3.8) is 0 Å². The van der Waals surface area contributed by atoms with Gasteiger partial charge in [0.05, 0.1) is 0 Å². The first-order chi connectivity index (χ1) is 11.4. The van der Waals surface area contributed by atoms with Gasteiger partial charge in [0.15, 0.2) is 10.5 Å². The molecule has 0 bridgehead atoms. The van der Waals surface area contributed by atoms with Crippen molar-refractivity contribution in [1.82, 2.24) is 0 Å². The highest BCUT2D eigenvalue weighted by molar-refractivity contribution is 7.87. The van der Waals surface area contributed by atoms with Gasteiger partial charge in [-0.3, -0.25) is 9.35 Å². The number of hydrogen-bond acceptors (Lipinski definition) is 3. The summed E-state index contributed by atoms with van der Waals surface area (Å²) in [4.78, 5) is 12.5. The topological polar surface area (TPSA) is 71.4 Å². The highest BCUT2D eigenvalue weighted by Gasteiger charge is 2.50. The second kappa shape index (κ2) is 5.69. The zero-order chi connectivity index (χ0) is 17.5. The van der Waals surface area contributed by atoms with Crippen molar-refractivity contribution in [2.45, 2.75) is 24.5 Å². The van der Waals surface area contributed by atoms with Gasteiger partial charge in [-0.1, -0.05) is 56.0 Å². The van der Waals surface area contributed by atoms with Crippen LogP contribution in [0.3, 0.4) is 0 Å². The van der Waals surface area contributed by atoms with Crippen LogP contribution in [0.25, 0.3) is 11.1 Å². The van der Waals surface area contributed by atoms with E-state index in [1.54, 1.807) is 19.1 Å². The standard InChI is InChI=1S/C19H18O4S/c1-3-18(20)19(4-2,24(21,22)23)17-11-7-10-15-14-9-6-5-8-13(14)12-16(15)17/h3,5-11H,1,4,12H2,2H3,(H,21,22,23). The monoisotopic (exact) mass is 342 g/mol. The molecule has 0 heterocycles. The van der Waals surface area contributed by atoms with Crippen molar-refractivity contribution in [2.75, 3.05) is 0 Å². The number of fused-ring (bicyclic) bond motifs is 3. The summed E-state index contributed by atoms with van der Waals surface area (Å²) in [6.07, 6.45) is 1.44. The summed E-state index contributed by atoms with van der Waals surface area (Å²) in [5, 5.41) is 0. The first-order valence-corrected chi connectivity index (χ1v) is 9.15. The molecular weight excluding hydrogens is 324 g/mol. The van der Waals surface area contributed by atoms with Crippen molar-refractivity contribution >= 4 is 15.9 Å². The Bertz CT molecular complexity index is 944. The quantitative estimate of drug-likeness (QED) is 0.569. The molecule has 0 spiro atoms. The van der Waals surface area contributed by atoms with E-state index in [0.29, 0.717) is 12.0 Å². The van der Waals surface area contributed by atoms with Gasteiger partial charge in [0.1, 0.15) is 0 Å². The summed E-state index contributed by atoms with van der Waals surface area (Å²) < 4.78 is 32.4. The summed E-state index contributed by atoms with van der Waals surface area (Å²) in [5.41, 5.74) is 4.12.